The van der Waals surface area contributed by atoms with Crippen LogP contribution in [-0.2, 0) is 5.41 Å². The number of hydrogen-bond donors (Lipinski definition) is 0. The van der Waals surface area contributed by atoms with Gasteiger partial charge in [-0.05, 0) is 120 Å². The van der Waals surface area contributed by atoms with Crippen LogP contribution in [0.4, 0.5) is 0 Å². The maximum atomic E-state index is 2.38. The Hall–Kier alpha value is -0.780. The van der Waals surface area contributed by atoms with Gasteiger partial charge in [-0.2, -0.15) is 0 Å². The molecule has 53 heavy (non-hydrogen) atoms. The van der Waals surface area contributed by atoms with Crippen molar-refractivity contribution in [2.24, 2.45) is 57.2 Å². The summed E-state index contributed by atoms with van der Waals surface area (Å²) in [7, 11) is 0. The van der Waals surface area contributed by atoms with Gasteiger partial charge in [0.25, 0.3) is 0 Å². The van der Waals surface area contributed by atoms with Crippen LogP contribution in [0.1, 0.15) is 247 Å². The molecule has 4 fully saturated rings. The summed E-state index contributed by atoms with van der Waals surface area (Å²) in [6.07, 6.45) is 22.0. The van der Waals surface area contributed by atoms with Crippen LogP contribution in [0.25, 0.3) is 0 Å². The van der Waals surface area contributed by atoms with E-state index in [1.807, 2.05) is 0 Å². The molecule has 316 valence electrons. The highest BCUT2D eigenvalue weighted by Crippen LogP contribution is 2.44. The topological polar surface area (TPSA) is 0 Å². The molecule has 0 amide bonds. The molecule has 0 bridgehead atoms. The molecule has 0 spiro atoms. The van der Waals surface area contributed by atoms with Crippen LogP contribution in [0, 0.1) is 57.2 Å². The van der Waals surface area contributed by atoms with Crippen LogP contribution in [-0.4, -0.2) is 0 Å². The van der Waals surface area contributed by atoms with Crippen LogP contribution in [0.5, 0.6) is 0 Å². The first kappa shape index (κ1) is 54.3. The standard InChI is InChI=1S/C10H20.C10H14.C9H18.C8H16.C7H14.C5H12.C4H10/c2*1-10(2,3)9-7-5-4-6-8-9;1-9(2,3)8-6-4-5-7-8;1-8(2,3)7-5-4-6-7;1-7(2,3)6-4-5-6;1-4-5(2)3;1-4(2)3/h9H,4-8H2,1-3H3;4-8H,1-3H3;8H,4-7H2,1-3H3;7H,4-6H2,1-3H3;6H,4-5H2,1-3H3;5H,4H2,1-3H3;4H,1-3H3. The Morgan fingerprint density at radius 3 is 0.792 bits per heavy atom. The Labute approximate surface area is 339 Å². The smallest absolute Gasteiger partial charge is 0.0132 e. The van der Waals surface area contributed by atoms with E-state index in [0.29, 0.717) is 27.1 Å². The van der Waals surface area contributed by atoms with Crippen LogP contribution in [0.15, 0.2) is 30.3 Å². The number of hydrogen-bond acceptors (Lipinski definition) is 0. The summed E-state index contributed by atoms with van der Waals surface area (Å²) in [5.74, 6) is 5.81. The molecule has 1 aromatic rings. The molecule has 0 aromatic heterocycles. The van der Waals surface area contributed by atoms with Gasteiger partial charge in [-0.25, -0.2) is 0 Å². The van der Waals surface area contributed by atoms with E-state index in [9.17, 15) is 0 Å². The third kappa shape index (κ3) is 31.0. The van der Waals surface area contributed by atoms with Crippen molar-refractivity contribution < 1.29 is 0 Å². The lowest BCUT2D eigenvalue weighted by Gasteiger charge is -2.37. The molecule has 0 unspecified atom stereocenters. The van der Waals surface area contributed by atoms with Gasteiger partial charge in [0.1, 0.15) is 0 Å². The van der Waals surface area contributed by atoms with Crippen molar-refractivity contribution in [3.05, 3.63) is 35.9 Å². The van der Waals surface area contributed by atoms with Crippen molar-refractivity contribution in [3.8, 4) is 0 Å². The highest BCUT2D eigenvalue weighted by atomic mass is 14.4. The van der Waals surface area contributed by atoms with Gasteiger partial charge in [-0.15, -0.1) is 0 Å². The molecular formula is C53H104. The maximum absolute atomic E-state index is 2.38. The summed E-state index contributed by atoms with van der Waals surface area (Å²) in [6.45, 7) is 48.0. The molecule has 0 atom stereocenters. The van der Waals surface area contributed by atoms with Gasteiger partial charge < -0.3 is 0 Å². The Kier molecular flexibility index (Phi) is 26.9. The molecule has 4 aliphatic rings. The first-order valence-electron chi connectivity index (χ1n) is 23.1. The second kappa shape index (κ2) is 26.2. The molecule has 1 aromatic carbocycles. The van der Waals surface area contributed by atoms with Crippen LogP contribution in [0.2, 0.25) is 0 Å². The number of rotatable bonds is 1. The average Bonchev–Trinajstić information content (AvgIpc) is 3.71. The Morgan fingerprint density at radius 2 is 0.660 bits per heavy atom. The van der Waals surface area contributed by atoms with Crippen LogP contribution in [0.3, 0.4) is 0 Å². The van der Waals surface area contributed by atoms with Crippen LogP contribution < -0.4 is 0 Å². The lowest BCUT2D eigenvalue weighted by Crippen LogP contribution is -2.26. The fourth-order valence-corrected chi connectivity index (χ4v) is 6.92. The highest BCUT2D eigenvalue weighted by molar-refractivity contribution is 5.22. The van der Waals surface area contributed by atoms with Gasteiger partial charge in [0.15, 0.2) is 0 Å². The average molecular weight is 741 g/mol. The molecule has 0 aliphatic heterocycles. The molecule has 4 aliphatic carbocycles. The summed E-state index contributed by atoms with van der Waals surface area (Å²) in [5.41, 5.74) is 4.05. The third-order valence-corrected chi connectivity index (χ3v) is 12.0. The van der Waals surface area contributed by atoms with E-state index in [-0.39, 0.29) is 0 Å². The minimum Gasteiger partial charge on any atom is -0.0651 e. The van der Waals surface area contributed by atoms with Crippen molar-refractivity contribution in [1.29, 1.82) is 0 Å². The van der Waals surface area contributed by atoms with E-state index in [2.05, 4.69) is 176 Å². The quantitative estimate of drug-likeness (QED) is 0.269. The zero-order valence-corrected chi connectivity index (χ0v) is 41.0. The van der Waals surface area contributed by atoms with Gasteiger partial charge in [0.2, 0.25) is 0 Å². The first-order chi connectivity index (χ1) is 24.0. The molecule has 0 nitrogen and oxygen atoms in total. The summed E-state index contributed by atoms with van der Waals surface area (Å²) in [4.78, 5) is 0. The van der Waals surface area contributed by atoms with Gasteiger partial charge in [0, 0.05) is 0 Å². The zero-order chi connectivity index (χ0) is 41.7. The third-order valence-electron chi connectivity index (χ3n) is 12.0. The maximum Gasteiger partial charge on any atom is -0.0132 e. The Morgan fingerprint density at radius 1 is 0.415 bits per heavy atom. The van der Waals surface area contributed by atoms with E-state index in [4.69, 9.17) is 0 Å². The summed E-state index contributed by atoms with van der Waals surface area (Å²) in [6, 6.07) is 10.6. The van der Waals surface area contributed by atoms with E-state index in [1.54, 1.807) is 0 Å². The normalized spacial score (nSPS) is 18.5. The molecule has 0 N–H and O–H groups in total. The summed E-state index contributed by atoms with van der Waals surface area (Å²) < 4.78 is 0. The minimum absolute atomic E-state index is 0.293. The predicted molar refractivity (Wildman–Crippen MR) is 247 cm³/mol. The van der Waals surface area contributed by atoms with Gasteiger partial charge in [-0.1, -0.05) is 221 Å². The van der Waals surface area contributed by atoms with Crippen molar-refractivity contribution in [2.45, 2.75) is 247 Å². The van der Waals surface area contributed by atoms with Gasteiger partial charge in [0.05, 0.1) is 0 Å². The molecule has 4 saturated carbocycles. The molecule has 0 saturated heterocycles. The lowest BCUT2D eigenvalue weighted by molar-refractivity contribution is 0.141. The van der Waals surface area contributed by atoms with E-state index in [0.717, 1.165) is 35.5 Å². The van der Waals surface area contributed by atoms with Crippen molar-refractivity contribution >= 4 is 0 Å². The van der Waals surface area contributed by atoms with Gasteiger partial charge in [-0.3, -0.25) is 0 Å². The van der Waals surface area contributed by atoms with Crippen molar-refractivity contribution in [3.63, 3.8) is 0 Å². The van der Waals surface area contributed by atoms with Crippen molar-refractivity contribution in [2.75, 3.05) is 0 Å². The molecule has 5 rings (SSSR count). The Bertz CT molecular complexity index is 936. The fourth-order valence-electron chi connectivity index (χ4n) is 6.92. The molecular weight excluding hydrogens is 637 g/mol. The largest absolute Gasteiger partial charge is 0.0651 e. The molecule has 0 heteroatoms. The predicted octanol–water partition coefficient (Wildman–Crippen LogP) is 18.8. The lowest BCUT2D eigenvalue weighted by atomic mass is 9.69. The monoisotopic (exact) mass is 741 g/mol. The van der Waals surface area contributed by atoms with Gasteiger partial charge >= 0.3 is 0 Å². The Balaban J connectivity index is 0. The first-order valence-corrected chi connectivity index (χ1v) is 23.1. The second-order valence-corrected chi connectivity index (χ2v) is 23.8. The highest BCUT2D eigenvalue weighted by Gasteiger charge is 2.33. The van der Waals surface area contributed by atoms with E-state index >= 15 is 0 Å². The summed E-state index contributed by atoms with van der Waals surface area (Å²) in [5, 5.41) is 0. The second-order valence-electron chi connectivity index (χ2n) is 23.8. The fraction of sp³-hybridized carbons (Fsp3) is 0.887. The van der Waals surface area contributed by atoms with Crippen molar-refractivity contribution in [1.82, 2.24) is 0 Å². The molecule has 0 radical (unpaired) electrons. The summed E-state index contributed by atoms with van der Waals surface area (Å²) >= 11 is 0. The van der Waals surface area contributed by atoms with E-state index in [1.165, 1.54) is 102 Å². The molecule has 0 heterocycles. The van der Waals surface area contributed by atoms with Crippen LogP contribution >= 0.6 is 0 Å². The minimum atomic E-state index is 0.293. The SMILES string of the molecule is CC(C)(C)C1CC1.CC(C)(C)C1CCC1.CC(C)(C)C1CCCC1.CC(C)(C)C1CCCCC1.CC(C)(C)c1ccccc1.CC(C)C.CCC(C)C. The number of benzene rings is 1. The van der Waals surface area contributed by atoms with E-state index < -0.39 is 0 Å². The zero-order valence-electron chi connectivity index (χ0n) is 41.0.